The molecule has 0 saturated heterocycles. The van der Waals surface area contributed by atoms with Gasteiger partial charge in [0.15, 0.2) is 0 Å². The molecule has 0 aliphatic rings. The van der Waals surface area contributed by atoms with Crippen LogP contribution in [0.15, 0.2) is 127 Å². The predicted octanol–water partition coefficient (Wildman–Crippen LogP) is 1.46. The van der Waals surface area contributed by atoms with Crippen LogP contribution in [0, 0.1) is 0 Å². The second-order valence-corrected chi connectivity index (χ2v) is 6.12. The quantitative estimate of drug-likeness (QED) is 0.420. The topological polar surface area (TPSA) is 120 Å². The second-order valence-electron chi connectivity index (χ2n) is 6.12. The van der Waals surface area contributed by atoms with E-state index in [9.17, 15) is 29.7 Å². The van der Waals surface area contributed by atoms with Crippen LogP contribution >= 0.6 is 0 Å². The fraction of sp³-hybridized carbons (Fsp3) is 0. The number of hydrogen-bond acceptors (Lipinski definition) is 6. The standard InChI is InChI=1S/3C7H6O2.C6H6.Al/c3*8-7(9)6-4-2-1-3-5-6;1-2-4-6-5-3-1;/h3*1-5H,(H,8,9);1-6H;/q;;;;+3/p-3. The molecule has 0 spiro atoms. The Kier molecular flexibility index (Phi) is 16.1. The fourth-order valence-electron chi connectivity index (χ4n) is 2.11. The summed E-state index contributed by atoms with van der Waals surface area (Å²) in [5.41, 5.74) is 0.660. The van der Waals surface area contributed by atoms with E-state index < -0.39 is 17.9 Å². The maximum Gasteiger partial charge on any atom is 3.00 e. The van der Waals surface area contributed by atoms with Crippen LogP contribution in [0.4, 0.5) is 0 Å². The van der Waals surface area contributed by atoms with Crippen LogP contribution in [0.1, 0.15) is 31.1 Å². The minimum absolute atomic E-state index is 0. The molecule has 6 nitrogen and oxygen atoms in total. The summed E-state index contributed by atoms with van der Waals surface area (Å²) in [7, 11) is 0. The molecule has 0 bridgehead atoms. The van der Waals surface area contributed by atoms with Crippen LogP contribution in [-0.2, 0) is 0 Å². The summed E-state index contributed by atoms with van der Waals surface area (Å²) < 4.78 is 0. The number of carbonyl (C=O) groups is 3. The van der Waals surface area contributed by atoms with Crippen LogP contribution in [-0.4, -0.2) is 35.3 Å². The van der Waals surface area contributed by atoms with E-state index in [1.807, 2.05) is 36.4 Å². The van der Waals surface area contributed by atoms with Crippen LogP contribution in [0.3, 0.4) is 0 Å². The Morgan fingerprint density at radius 1 is 0.353 bits per heavy atom. The number of hydrogen-bond donors (Lipinski definition) is 0. The predicted molar refractivity (Wildman–Crippen MR) is 125 cm³/mol. The third-order valence-corrected chi connectivity index (χ3v) is 3.70. The summed E-state index contributed by atoms with van der Waals surface area (Å²) in [4.78, 5) is 30.3. The maximum absolute atomic E-state index is 10.1. The number of rotatable bonds is 3. The van der Waals surface area contributed by atoms with Gasteiger partial charge in [0.25, 0.3) is 0 Å². The zero-order valence-corrected chi connectivity index (χ0v) is 19.3. The normalized spacial score (nSPS) is 8.47. The van der Waals surface area contributed by atoms with Crippen LogP contribution in [0.2, 0.25) is 0 Å². The average molecular weight is 468 g/mol. The van der Waals surface area contributed by atoms with Gasteiger partial charge in [-0.25, -0.2) is 0 Å². The third kappa shape index (κ3) is 14.0. The Hall–Kier alpha value is -4.18. The average Bonchev–Trinajstić information content (AvgIpc) is 2.88. The van der Waals surface area contributed by atoms with E-state index in [2.05, 4.69) is 0 Å². The van der Waals surface area contributed by atoms with Crippen LogP contribution in [0.25, 0.3) is 0 Å². The molecule has 4 aromatic rings. The van der Waals surface area contributed by atoms with Crippen molar-refractivity contribution in [3.05, 3.63) is 144 Å². The van der Waals surface area contributed by atoms with Crippen molar-refractivity contribution in [1.29, 1.82) is 0 Å². The molecule has 0 unspecified atom stereocenters. The second kappa shape index (κ2) is 18.4. The zero-order chi connectivity index (χ0) is 24.3. The summed E-state index contributed by atoms with van der Waals surface area (Å²) in [6.45, 7) is 0. The summed E-state index contributed by atoms with van der Waals surface area (Å²) in [5.74, 6) is -3.39. The summed E-state index contributed by atoms with van der Waals surface area (Å²) in [5, 5.41) is 30.3. The van der Waals surface area contributed by atoms with E-state index in [-0.39, 0.29) is 34.1 Å². The van der Waals surface area contributed by atoms with Crippen molar-refractivity contribution in [2.45, 2.75) is 0 Å². The third-order valence-electron chi connectivity index (χ3n) is 3.70. The Morgan fingerprint density at radius 3 is 0.618 bits per heavy atom. The Balaban J connectivity index is 0.000000427. The molecule has 4 rings (SSSR count). The molecular formula is C27H21AlO6. The van der Waals surface area contributed by atoms with E-state index in [0.29, 0.717) is 0 Å². The van der Waals surface area contributed by atoms with E-state index >= 15 is 0 Å². The molecule has 0 heterocycles. The van der Waals surface area contributed by atoms with E-state index in [1.54, 1.807) is 54.6 Å². The molecule has 7 heteroatoms. The van der Waals surface area contributed by atoms with Gasteiger partial charge in [0.1, 0.15) is 0 Å². The first-order valence-electron chi connectivity index (χ1n) is 9.71. The van der Waals surface area contributed by atoms with E-state index in [4.69, 9.17) is 0 Å². The van der Waals surface area contributed by atoms with Gasteiger partial charge in [-0.05, 0) is 16.7 Å². The molecule has 0 radical (unpaired) electrons. The van der Waals surface area contributed by atoms with Gasteiger partial charge in [-0.15, -0.1) is 0 Å². The first-order chi connectivity index (χ1) is 15.9. The Labute approximate surface area is 208 Å². The van der Waals surface area contributed by atoms with Crippen LogP contribution in [0.5, 0.6) is 0 Å². The molecular weight excluding hydrogens is 447 g/mol. The van der Waals surface area contributed by atoms with E-state index in [1.165, 1.54) is 36.4 Å². The van der Waals surface area contributed by atoms with Crippen molar-refractivity contribution in [1.82, 2.24) is 0 Å². The number of carboxylic acid groups (broad SMARTS) is 3. The van der Waals surface area contributed by atoms with Gasteiger partial charge in [0, 0.05) is 0 Å². The van der Waals surface area contributed by atoms with Gasteiger partial charge < -0.3 is 29.7 Å². The van der Waals surface area contributed by atoms with Crippen LogP contribution < -0.4 is 15.3 Å². The minimum Gasteiger partial charge on any atom is -0.545 e. The molecule has 0 N–H and O–H groups in total. The maximum atomic E-state index is 10.1. The first kappa shape index (κ1) is 29.8. The molecule has 4 aromatic carbocycles. The zero-order valence-electron chi connectivity index (χ0n) is 18.2. The van der Waals surface area contributed by atoms with Crippen molar-refractivity contribution < 1.29 is 29.7 Å². The van der Waals surface area contributed by atoms with Crippen molar-refractivity contribution in [3.8, 4) is 0 Å². The van der Waals surface area contributed by atoms with E-state index in [0.717, 1.165) is 0 Å². The van der Waals surface area contributed by atoms with Crippen molar-refractivity contribution in [3.63, 3.8) is 0 Å². The van der Waals surface area contributed by atoms with Gasteiger partial charge in [-0.3, -0.25) is 0 Å². The SMILES string of the molecule is O=C([O-])c1ccccc1.O=C([O-])c1ccccc1.O=C([O-])c1ccccc1.[Al+3].c1ccccc1. The minimum atomic E-state index is -1.13. The fourth-order valence-corrected chi connectivity index (χ4v) is 2.11. The monoisotopic (exact) mass is 468 g/mol. The Bertz CT molecular complexity index is 929. The van der Waals surface area contributed by atoms with Crippen molar-refractivity contribution in [2.24, 2.45) is 0 Å². The largest absolute Gasteiger partial charge is 3.00 e. The molecule has 0 aliphatic heterocycles. The summed E-state index contributed by atoms with van der Waals surface area (Å²) in [6.07, 6.45) is 0. The smallest absolute Gasteiger partial charge is 0.545 e. The number of aromatic carboxylic acids is 3. The molecule has 0 atom stereocenters. The van der Waals surface area contributed by atoms with Gasteiger partial charge in [-0.1, -0.05) is 127 Å². The molecule has 0 amide bonds. The molecule has 0 aromatic heterocycles. The molecule has 0 saturated carbocycles. The van der Waals surface area contributed by atoms with Gasteiger partial charge in [0.05, 0.1) is 17.9 Å². The molecule has 0 aliphatic carbocycles. The Morgan fingerprint density at radius 2 is 0.500 bits per heavy atom. The number of carboxylic acids is 3. The van der Waals surface area contributed by atoms with Gasteiger partial charge in [-0.2, -0.15) is 0 Å². The number of benzene rings is 4. The first-order valence-corrected chi connectivity index (χ1v) is 9.71. The van der Waals surface area contributed by atoms with Gasteiger partial charge >= 0.3 is 17.4 Å². The summed E-state index contributed by atoms with van der Waals surface area (Å²) >= 11 is 0. The molecule has 34 heavy (non-hydrogen) atoms. The molecule has 0 fully saturated rings. The molecule has 168 valence electrons. The summed E-state index contributed by atoms with van der Waals surface area (Å²) in [6, 6.07) is 36.2. The van der Waals surface area contributed by atoms with Crippen molar-refractivity contribution >= 4 is 35.3 Å². The number of carbonyl (C=O) groups excluding carboxylic acids is 3. The van der Waals surface area contributed by atoms with Gasteiger partial charge in [0.2, 0.25) is 0 Å². The van der Waals surface area contributed by atoms with Crippen molar-refractivity contribution in [2.75, 3.05) is 0 Å².